The molecule has 0 aliphatic carbocycles. The molecule has 0 fully saturated rings. The fraction of sp³-hybridized carbons (Fsp3) is 0.500. The third-order valence-electron chi connectivity index (χ3n) is 2.63. The molecule has 7 heteroatoms. The Balaban J connectivity index is 2.93. The molecule has 1 rings (SSSR count). The molecule has 0 aliphatic rings. The monoisotopic (exact) mass is 290 g/mol. The SMILES string of the molecule is COCCC(C)NS(=O)(=O)c1cc(CN)ccc1F. The summed E-state index contributed by atoms with van der Waals surface area (Å²) in [4.78, 5) is -0.375. The second-order valence-electron chi connectivity index (χ2n) is 4.27. The number of hydrogen-bond donors (Lipinski definition) is 2. The van der Waals surface area contributed by atoms with Gasteiger partial charge in [-0.3, -0.25) is 0 Å². The van der Waals surface area contributed by atoms with Crippen molar-refractivity contribution in [2.45, 2.75) is 30.8 Å². The zero-order valence-corrected chi connectivity index (χ0v) is 11.8. The van der Waals surface area contributed by atoms with E-state index in [1.165, 1.54) is 19.2 Å². The molecular formula is C12H19FN2O3S. The van der Waals surface area contributed by atoms with Gasteiger partial charge in [0.15, 0.2) is 0 Å². The summed E-state index contributed by atoms with van der Waals surface area (Å²) in [5.74, 6) is -0.788. The van der Waals surface area contributed by atoms with Crippen molar-refractivity contribution in [3.63, 3.8) is 0 Å². The summed E-state index contributed by atoms with van der Waals surface area (Å²) in [5.41, 5.74) is 5.99. The Kier molecular flexibility index (Phi) is 5.86. The maximum Gasteiger partial charge on any atom is 0.243 e. The van der Waals surface area contributed by atoms with E-state index in [1.54, 1.807) is 6.92 Å². The lowest BCUT2D eigenvalue weighted by atomic mass is 10.2. The van der Waals surface area contributed by atoms with Crippen LogP contribution in [-0.2, 0) is 21.3 Å². The number of sulfonamides is 1. The van der Waals surface area contributed by atoms with E-state index in [1.807, 2.05) is 0 Å². The molecule has 0 heterocycles. The highest BCUT2D eigenvalue weighted by Gasteiger charge is 2.21. The third kappa shape index (κ3) is 4.54. The number of benzene rings is 1. The van der Waals surface area contributed by atoms with Gasteiger partial charge in [0.1, 0.15) is 10.7 Å². The van der Waals surface area contributed by atoms with Gasteiger partial charge in [-0.05, 0) is 31.0 Å². The molecule has 108 valence electrons. The van der Waals surface area contributed by atoms with Gasteiger partial charge in [0.2, 0.25) is 10.0 Å². The van der Waals surface area contributed by atoms with Crippen molar-refractivity contribution in [2.75, 3.05) is 13.7 Å². The number of hydrogen-bond acceptors (Lipinski definition) is 4. The van der Waals surface area contributed by atoms with Crippen LogP contribution in [0, 0.1) is 5.82 Å². The van der Waals surface area contributed by atoms with Crippen molar-refractivity contribution < 1.29 is 17.5 Å². The summed E-state index contributed by atoms with van der Waals surface area (Å²) in [5, 5.41) is 0. The fourth-order valence-electron chi connectivity index (χ4n) is 1.56. The van der Waals surface area contributed by atoms with Gasteiger partial charge < -0.3 is 10.5 Å². The third-order valence-corrected chi connectivity index (χ3v) is 4.24. The predicted octanol–water partition coefficient (Wildman–Crippen LogP) is 0.988. The minimum Gasteiger partial charge on any atom is -0.385 e. The first kappa shape index (κ1) is 16.0. The van der Waals surface area contributed by atoms with Crippen LogP contribution in [-0.4, -0.2) is 28.2 Å². The molecular weight excluding hydrogens is 271 g/mol. The number of ether oxygens (including phenoxy) is 1. The van der Waals surface area contributed by atoms with Crippen LogP contribution >= 0.6 is 0 Å². The van der Waals surface area contributed by atoms with Gasteiger partial charge >= 0.3 is 0 Å². The minimum atomic E-state index is -3.89. The van der Waals surface area contributed by atoms with Crippen molar-refractivity contribution in [1.82, 2.24) is 4.72 Å². The molecule has 0 aromatic heterocycles. The van der Waals surface area contributed by atoms with Gasteiger partial charge in [0, 0.05) is 26.3 Å². The van der Waals surface area contributed by atoms with Crippen LogP contribution in [0.1, 0.15) is 18.9 Å². The van der Waals surface area contributed by atoms with Crippen LogP contribution in [0.5, 0.6) is 0 Å². The van der Waals surface area contributed by atoms with E-state index in [0.717, 1.165) is 6.07 Å². The Morgan fingerprint density at radius 2 is 2.16 bits per heavy atom. The fourth-order valence-corrected chi connectivity index (χ4v) is 2.97. The van der Waals surface area contributed by atoms with Crippen LogP contribution in [0.2, 0.25) is 0 Å². The number of nitrogens with one attached hydrogen (secondary N) is 1. The second kappa shape index (κ2) is 6.95. The largest absolute Gasteiger partial charge is 0.385 e. The van der Waals surface area contributed by atoms with Gasteiger partial charge in [-0.1, -0.05) is 6.07 Å². The minimum absolute atomic E-state index is 0.155. The number of rotatable bonds is 7. The second-order valence-corrected chi connectivity index (χ2v) is 5.96. The maximum absolute atomic E-state index is 13.6. The average molecular weight is 290 g/mol. The van der Waals surface area contributed by atoms with Gasteiger partial charge in [-0.2, -0.15) is 0 Å². The smallest absolute Gasteiger partial charge is 0.243 e. The van der Waals surface area contributed by atoms with Crippen molar-refractivity contribution in [1.29, 1.82) is 0 Å². The lowest BCUT2D eigenvalue weighted by molar-refractivity contribution is 0.188. The van der Waals surface area contributed by atoms with Crippen molar-refractivity contribution in [3.8, 4) is 0 Å². The first-order valence-corrected chi connectivity index (χ1v) is 7.38. The molecule has 1 unspecified atom stereocenters. The van der Waals surface area contributed by atoms with Gasteiger partial charge in [-0.25, -0.2) is 17.5 Å². The summed E-state index contributed by atoms with van der Waals surface area (Å²) in [7, 11) is -2.36. The van der Waals surface area contributed by atoms with Crippen LogP contribution in [0.15, 0.2) is 23.1 Å². The standard InChI is InChI=1S/C12H19FN2O3S/c1-9(5-6-18-2)15-19(16,17)12-7-10(8-14)3-4-11(12)13/h3-4,7,9,15H,5-6,8,14H2,1-2H3. The van der Waals surface area contributed by atoms with Crippen molar-refractivity contribution in [3.05, 3.63) is 29.6 Å². The highest BCUT2D eigenvalue weighted by molar-refractivity contribution is 7.89. The average Bonchev–Trinajstić information content (AvgIpc) is 2.36. The molecule has 0 spiro atoms. The van der Waals surface area contributed by atoms with Gasteiger partial charge in [-0.15, -0.1) is 0 Å². The summed E-state index contributed by atoms with van der Waals surface area (Å²) in [6, 6.07) is 3.48. The Hall–Kier alpha value is -1.02. The lowest BCUT2D eigenvalue weighted by Gasteiger charge is -2.14. The molecule has 0 aliphatic heterocycles. The summed E-state index contributed by atoms with van der Waals surface area (Å²) >= 11 is 0. The molecule has 0 bridgehead atoms. The number of nitrogens with two attached hydrogens (primary N) is 1. The van der Waals surface area contributed by atoms with Crippen LogP contribution in [0.3, 0.4) is 0 Å². The quantitative estimate of drug-likeness (QED) is 0.784. The molecule has 5 nitrogen and oxygen atoms in total. The van der Waals surface area contributed by atoms with E-state index in [0.29, 0.717) is 18.6 Å². The van der Waals surface area contributed by atoms with E-state index >= 15 is 0 Å². The van der Waals surface area contributed by atoms with Crippen molar-refractivity contribution in [2.24, 2.45) is 5.73 Å². The lowest BCUT2D eigenvalue weighted by Crippen LogP contribution is -2.34. The molecule has 3 N–H and O–H groups in total. The zero-order chi connectivity index (χ0) is 14.5. The van der Waals surface area contributed by atoms with E-state index in [4.69, 9.17) is 10.5 Å². The number of halogens is 1. The first-order valence-electron chi connectivity index (χ1n) is 5.90. The normalized spacial score (nSPS) is 13.5. The molecule has 0 radical (unpaired) electrons. The van der Waals surface area contributed by atoms with Crippen LogP contribution in [0.4, 0.5) is 4.39 Å². The summed E-state index contributed by atoms with van der Waals surface area (Å²) in [6.07, 6.45) is 0.508. The van der Waals surface area contributed by atoms with E-state index < -0.39 is 15.8 Å². The zero-order valence-electron chi connectivity index (χ0n) is 11.0. The van der Waals surface area contributed by atoms with E-state index in [2.05, 4.69) is 4.72 Å². The Morgan fingerprint density at radius 3 is 2.74 bits per heavy atom. The summed E-state index contributed by atoms with van der Waals surface area (Å²) in [6.45, 7) is 2.28. The molecule has 1 aromatic carbocycles. The van der Waals surface area contributed by atoms with Gasteiger partial charge in [0.05, 0.1) is 0 Å². The van der Waals surface area contributed by atoms with E-state index in [9.17, 15) is 12.8 Å². The predicted molar refractivity (Wildman–Crippen MR) is 70.6 cm³/mol. The highest BCUT2D eigenvalue weighted by Crippen LogP contribution is 2.17. The topological polar surface area (TPSA) is 81.4 Å². The highest BCUT2D eigenvalue weighted by atomic mass is 32.2. The van der Waals surface area contributed by atoms with Crippen LogP contribution < -0.4 is 10.5 Å². The van der Waals surface area contributed by atoms with E-state index in [-0.39, 0.29) is 17.5 Å². The molecule has 0 saturated carbocycles. The summed E-state index contributed by atoms with van der Waals surface area (Å²) < 4.78 is 45.0. The Bertz CT molecular complexity index is 520. The van der Waals surface area contributed by atoms with Crippen LogP contribution in [0.25, 0.3) is 0 Å². The molecule has 1 atom stereocenters. The maximum atomic E-state index is 13.6. The number of methoxy groups -OCH3 is 1. The van der Waals surface area contributed by atoms with Crippen molar-refractivity contribution >= 4 is 10.0 Å². The molecule has 1 aromatic rings. The van der Waals surface area contributed by atoms with Gasteiger partial charge in [0.25, 0.3) is 0 Å². The molecule has 0 amide bonds. The Labute approximate surface area is 113 Å². The first-order chi connectivity index (χ1) is 8.90. The molecule has 0 saturated heterocycles. The molecule has 19 heavy (non-hydrogen) atoms. The Morgan fingerprint density at radius 1 is 1.47 bits per heavy atom.